The molecule has 2 rings (SSSR count). The third-order valence-corrected chi connectivity index (χ3v) is 3.65. The van der Waals surface area contributed by atoms with Crippen molar-refractivity contribution in [1.82, 2.24) is 0 Å². The van der Waals surface area contributed by atoms with Gasteiger partial charge in [0.15, 0.2) is 0 Å². The van der Waals surface area contributed by atoms with Crippen molar-refractivity contribution in [1.29, 1.82) is 0 Å². The number of piperazine rings is 1. The minimum atomic E-state index is 1.27. The Hall–Kier alpha value is -0.380. The maximum Gasteiger partial charge on any atom is 0.127 e. The molecular formula is C10H18N2S+2. The van der Waals surface area contributed by atoms with Gasteiger partial charge in [-0.15, -0.1) is 11.3 Å². The van der Waals surface area contributed by atoms with Gasteiger partial charge in [-0.3, -0.25) is 0 Å². The molecule has 2 nitrogen and oxygen atoms in total. The predicted molar refractivity (Wildman–Crippen MR) is 55.2 cm³/mol. The van der Waals surface area contributed by atoms with Crippen LogP contribution < -0.4 is 10.2 Å². The molecule has 0 bridgehead atoms. The first-order valence-electron chi connectivity index (χ1n) is 5.13. The molecule has 0 radical (unpaired) electrons. The Morgan fingerprint density at radius 2 is 2.23 bits per heavy atom. The SMILES string of the molecule is c1csc(CC[NH+]2CC[NH2+]CC2)c1. The molecule has 13 heavy (non-hydrogen) atoms. The maximum absolute atomic E-state index is 2.43. The predicted octanol–water partition coefficient (Wildman–Crippen LogP) is -1.25. The van der Waals surface area contributed by atoms with Crippen LogP contribution in [0.3, 0.4) is 0 Å². The molecule has 0 atom stereocenters. The second kappa shape index (κ2) is 4.74. The van der Waals surface area contributed by atoms with Gasteiger partial charge in [0, 0.05) is 11.3 Å². The maximum atomic E-state index is 2.43. The van der Waals surface area contributed by atoms with Gasteiger partial charge < -0.3 is 10.2 Å². The molecule has 72 valence electrons. The molecule has 1 saturated heterocycles. The highest BCUT2D eigenvalue weighted by atomic mass is 32.1. The van der Waals surface area contributed by atoms with Gasteiger partial charge in [0.05, 0.1) is 6.54 Å². The van der Waals surface area contributed by atoms with Gasteiger partial charge >= 0.3 is 0 Å². The highest BCUT2D eigenvalue weighted by Gasteiger charge is 2.14. The third-order valence-electron chi connectivity index (χ3n) is 2.71. The van der Waals surface area contributed by atoms with E-state index in [2.05, 4.69) is 22.8 Å². The molecule has 0 saturated carbocycles. The fourth-order valence-corrected chi connectivity index (χ4v) is 2.60. The minimum absolute atomic E-state index is 1.27. The van der Waals surface area contributed by atoms with Crippen molar-refractivity contribution in [3.8, 4) is 0 Å². The molecule has 1 aliphatic rings. The first-order valence-corrected chi connectivity index (χ1v) is 6.01. The van der Waals surface area contributed by atoms with Crippen LogP contribution >= 0.6 is 11.3 Å². The van der Waals surface area contributed by atoms with Crippen LogP contribution in [0, 0.1) is 0 Å². The monoisotopic (exact) mass is 198 g/mol. The molecular weight excluding hydrogens is 180 g/mol. The normalized spacial score (nSPS) is 19.1. The zero-order valence-corrected chi connectivity index (χ0v) is 8.78. The zero-order valence-electron chi connectivity index (χ0n) is 7.96. The summed E-state index contributed by atoms with van der Waals surface area (Å²) in [6, 6.07) is 4.40. The molecule has 3 N–H and O–H groups in total. The van der Waals surface area contributed by atoms with Crippen molar-refractivity contribution in [2.45, 2.75) is 6.42 Å². The van der Waals surface area contributed by atoms with Gasteiger partial charge in [0.1, 0.15) is 26.2 Å². The molecule has 0 aliphatic carbocycles. The van der Waals surface area contributed by atoms with E-state index < -0.39 is 0 Å². The summed E-state index contributed by atoms with van der Waals surface area (Å²) in [5, 5.41) is 4.60. The molecule has 1 fully saturated rings. The number of nitrogens with one attached hydrogen (secondary N) is 1. The first-order chi connectivity index (χ1) is 6.45. The van der Waals surface area contributed by atoms with Crippen LogP contribution in [0.5, 0.6) is 0 Å². The van der Waals surface area contributed by atoms with Crippen molar-refractivity contribution >= 4 is 11.3 Å². The van der Waals surface area contributed by atoms with Crippen molar-refractivity contribution in [3.05, 3.63) is 22.4 Å². The van der Waals surface area contributed by atoms with Crippen LogP contribution in [0.25, 0.3) is 0 Å². The van der Waals surface area contributed by atoms with E-state index in [1.165, 1.54) is 39.1 Å². The number of quaternary nitrogens is 2. The second-order valence-electron chi connectivity index (χ2n) is 3.70. The number of thiophene rings is 1. The summed E-state index contributed by atoms with van der Waals surface area (Å²) in [5.41, 5.74) is 0. The van der Waals surface area contributed by atoms with Gasteiger partial charge in [0.2, 0.25) is 0 Å². The minimum Gasteiger partial charge on any atom is -0.337 e. The van der Waals surface area contributed by atoms with E-state index in [4.69, 9.17) is 0 Å². The summed E-state index contributed by atoms with van der Waals surface area (Å²) in [6.07, 6.45) is 1.27. The summed E-state index contributed by atoms with van der Waals surface area (Å²) < 4.78 is 0. The highest BCUT2D eigenvalue weighted by molar-refractivity contribution is 7.09. The Bertz CT molecular complexity index is 227. The molecule has 2 heterocycles. The largest absolute Gasteiger partial charge is 0.337 e. The van der Waals surface area contributed by atoms with Crippen molar-refractivity contribution < 1.29 is 10.2 Å². The lowest BCUT2D eigenvalue weighted by molar-refractivity contribution is -0.946. The van der Waals surface area contributed by atoms with E-state index in [1.54, 1.807) is 9.78 Å². The van der Waals surface area contributed by atoms with Crippen LogP contribution in [0.2, 0.25) is 0 Å². The molecule has 1 aliphatic heterocycles. The number of hydrogen-bond donors (Lipinski definition) is 2. The number of hydrogen-bond acceptors (Lipinski definition) is 1. The summed E-state index contributed by atoms with van der Waals surface area (Å²) in [4.78, 5) is 3.33. The molecule has 0 unspecified atom stereocenters. The average Bonchev–Trinajstić information content (AvgIpc) is 2.69. The van der Waals surface area contributed by atoms with E-state index >= 15 is 0 Å². The highest BCUT2D eigenvalue weighted by Crippen LogP contribution is 2.07. The van der Waals surface area contributed by atoms with Crippen LogP contribution in [0.1, 0.15) is 4.88 Å². The summed E-state index contributed by atoms with van der Waals surface area (Å²) in [5.74, 6) is 0. The quantitative estimate of drug-likeness (QED) is 0.606. The Morgan fingerprint density at radius 1 is 1.38 bits per heavy atom. The van der Waals surface area contributed by atoms with Crippen LogP contribution in [0.15, 0.2) is 17.5 Å². The lowest BCUT2D eigenvalue weighted by Crippen LogP contribution is -3.20. The second-order valence-corrected chi connectivity index (χ2v) is 4.73. The smallest absolute Gasteiger partial charge is 0.127 e. The molecule has 1 aromatic heterocycles. The molecule has 0 aromatic carbocycles. The lowest BCUT2D eigenvalue weighted by Gasteiger charge is -2.21. The van der Waals surface area contributed by atoms with Crippen LogP contribution in [0.4, 0.5) is 0 Å². The van der Waals surface area contributed by atoms with E-state index in [9.17, 15) is 0 Å². The number of nitrogens with two attached hydrogens (primary N) is 1. The Morgan fingerprint density at radius 3 is 2.92 bits per heavy atom. The Kier molecular flexibility index (Phi) is 3.35. The third kappa shape index (κ3) is 2.79. The van der Waals surface area contributed by atoms with Crippen molar-refractivity contribution in [3.63, 3.8) is 0 Å². The van der Waals surface area contributed by atoms with Crippen molar-refractivity contribution in [2.24, 2.45) is 0 Å². The average molecular weight is 198 g/mol. The van der Waals surface area contributed by atoms with E-state index in [0.29, 0.717) is 0 Å². The fraction of sp³-hybridized carbons (Fsp3) is 0.600. The fourth-order valence-electron chi connectivity index (χ4n) is 1.89. The Labute approximate surface area is 83.6 Å². The van der Waals surface area contributed by atoms with Gasteiger partial charge in [-0.1, -0.05) is 6.07 Å². The topological polar surface area (TPSA) is 21.1 Å². The van der Waals surface area contributed by atoms with Gasteiger partial charge in [0.25, 0.3) is 0 Å². The molecule has 3 heteroatoms. The van der Waals surface area contributed by atoms with Gasteiger partial charge in [-0.2, -0.15) is 0 Å². The van der Waals surface area contributed by atoms with Gasteiger partial charge in [-0.25, -0.2) is 0 Å². The van der Waals surface area contributed by atoms with Crippen LogP contribution in [-0.2, 0) is 6.42 Å². The van der Waals surface area contributed by atoms with Crippen LogP contribution in [-0.4, -0.2) is 32.7 Å². The Balaban J connectivity index is 1.72. The molecule has 1 aromatic rings. The van der Waals surface area contributed by atoms with Gasteiger partial charge in [-0.05, 0) is 11.4 Å². The van der Waals surface area contributed by atoms with E-state index in [0.717, 1.165) is 0 Å². The summed E-state index contributed by atoms with van der Waals surface area (Å²) >= 11 is 1.89. The molecule has 0 amide bonds. The van der Waals surface area contributed by atoms with E-state index in [-0.39, 0.29) is 0 Å². The standard InChI is InChI=1S/C10H16N2S/c1-2-10(13-9-1)3-6-12-7-4-11-5-8-12/h1-2,9,11H,3-8H2/p+2. The van der Waals surface area contributed by atoms with Crippen molar-refractivity contribution in [2.75, 3.05) is 32.7 Å². The number of rotatable bonds is 3. The van der Waals surface area contributed by atoms with E-state index in [1.807, 2.05) is 11.3 Å². The summed E-state index contributed by atoms with van der Waals surface area (Å²) in [7, 11) is 0. The molecule has 0 spiro atoms. The summed E-state index contributed by atoms with van der Waals surface area (Å²) in [6.45, 7) is 6.67. The first kappa shape index (κ1) is 9.19. The lowest BCUT2D eigenvalue weighted by atomic mass is 10.3. The zero-order chi connectivity index (χ0) is 8.93.